The largest absolute Gasteiger partial charge is 0.338 e. The minimum absolute atomic E-state index is 0.0301. The number of piperidine rings is 1. The summed E-state index contributed by atoms with van der Waals surface area (Å²) in [5, 5.41) is 7.69. The number of carbonyl (C=O) groups is 1. The van der Waals surface area contributed by atoms with Crippen molar-refractivity contribution < 1.29 is 9.32 Å². The Bertz CT molecular complexity index is 927. The van der Waals surface area contributed by atoms with E-state index < -0.39 is 0 Å². The summed E-state index contributed by atoms with van der Waals surface area (Å²) in [5.74, 6) is 1.12. The van der Waals surface area contributed by atoms with Crippen LogP contribution in [0.15, 0.2) is 59.1 Å². The SMILES string of the molecule is O=C(Nc1ccc(Cl)cc1)C1CCCN(Cc2nc(-c3ccccc3)no2)C1. The van der Waals surface area contributed by atoms with Gasteiger partial charge < -0.3 is 9.84 Å². The van der Waals surface area contributed by atoms with E-state index in [1.54, 1.807) is 12.1 Å². The molecule has 1 amide bonds. The average molecular weight is 397 g/mol. The smallest absolute Gasteiger partial charge is 0.241 e. The fourth-order valence-corrected chi connectivity index (χ4v) is 3.53. The lowest BCUT2D eigenvalue weighted by Crippen LogP contribution is -2.40. The van der Waals surface area contributed by atoms with Crippen LogP contribution >= 0.6 is 11.6 Å². The molecule has 0 saturated carbocycles. The van der Waals surface area contributed by atoms with Gasteiger partial charge in [0.2, 0.25) is 17.6 Å². The molecule has 28 heavy (non-hydrogen) atoms. The molecule has 6 nitrogen and oxygen atoms in total. The van der Waals surface area contributed by atoms with Gasteiger partial charge in [-0.05, 0) is 43.7 Å². The van der Waals surface area contributed by atoms with Gasteiger partial charge in [-0.1, -0.05) is 47.1 Å². The fourth-order valence-electron chi connectivity index (χ4n) is 3.41. The molecule has 1 aliphatic rings. The van der Waals surface area contributed by atoms with Crippen molar-refractivity contribution in [3.05, 3.63) is 65.5 Å². The van der Waals surface area contributed by atoms with Gasteiger partial charge in [0.1, 0.15) is 0 Å². The van der Waals surface area contributed by atoms with Crippen molar-refractivity contribution in [2.75, 3.05) is 18.4 Å². The summed E-state index contributed by atoms with van der Waals surface area (Å²) in [7, 11) is 0. The summed E-state index contributed by atoms with van der Waals surface area (Å²) in [4.78, 5) is 19.3. The Morgan fingerprint density at radius 2 is 1.96 bits per heavy atom. The summed E-state index contributed by atoms with van der Waals surface area (Å²) in [6, 6.07) is 16.9. The van der Waals surface area contributed by atoms with E-state index in [1.807, 2.05) is 42.5 Å². The Hall–Kier alpha value is -2.70. The molecule has 2 aromatic carbocycles. The van der Waals surface area contributed by atoms with Gasteiger partial charge in [0.25, 0.3) is 0 Å². The van der Waals surface area contributed by atoms with Crippen LogP contribution in [-0.2, 0) is 11.3 Å². The van der Waals surface area contributed by atoms with Crippen molar-refractivity contribution in [1.29, 1.82) is 0 Å². The maximum absolute atomic E-state index is 12.6. The van der Waals surface area contributed by atoms with E-state index >= 15 is 0 Å². The summed E-state index contributed by atoms with van der Waals surface area (Å²) in [5.41, 5.74) is 1.69. The molecule has 1 aromatic heterocycles. The molecule has 1 N–H and O–H groups in total. The molecule has 1 aliphatic heterocycles. The quantitative estimate of drug-likeness (QED) is 0.698. The highest BCUT2D eigenvalue weighted by molar-refractivity contribution is 6.30. The molecule has 1 atom stereocenters. The zero-order valence-corrected chi connectivity index (χ0v) is 16.1. The molecule has 144 valence electrons. The van der Waals surface area contributed by atoms with E-state index in [4.69, 9.17) is 16.1 Å². The molecular formula is C21H21ClN4O2. The second-order valence-corrected chi connectivity index (χ2v) is 7.38. The Morgan fingerprint density at radius 3 is 2.75 bits per heavy atom. The fraction of sp³-hybridized carbons (Fsp3) is 0.286. The number of halogens is 1. The molecule has 0 aliphatic carbocycles. The molecule has 0 spiro atoms. The number of hydrogen-bond donors (Lipinski definition) is 1. The number of amides is 1. The van der Waals surface area contributed by atoms with E-state index in [0.29, 0.717) is 29.8 Å². The molecule has 1 fully saturated rings. The van der Waals surface area contributed by atoms with Crippen LogP contribution in [0.4, 0.5) is 5.69 Å². The predicted octanol–water partition coefficient (Wildman–Crippen LogP) is 4.24. The number of carbonyl (C=O) groups excluding carboxylic acids is 1. The van der Waals surface area contributed by atoms with Crippen LogP contribution in [0.25, 0.3) is 11.4 Å². The number of nitrogens with zero attached hydrogens (tertiary/aromatic N) is 3. The third-order valence-corrected chi connectivity index (χ3v) is 5.10. The average Bonchev–Trinajstić information content (AvgIpc) is 3.19. The maximum Gasteiger partial charge on any atom is 0.241 e. The molecule has 0 radical (unpaired) electrons. The molecule has 4 rings (SSSR count). The molecule has 3 aromatic rings. The van der Waals surface area contributed by atoms with Gasteiger partial charge in [-0.15, -0.1) is 0 Å². The van der Waals surface area contributed by atoms with E-state index in [9.17, 15) is 4.79 Å². The van der Waals surface area contributed by atoms with Crippen LogP contribution in [0, 0.1) is 5.92 Å². The minimum Gasteiger partial charge on any atom is -0.338 e. The number of likely N-dealkylation sites (tertiary alicyclic amines) is 1. The van der Waals surface area contributed by atoms with Crippen LogP contribution in [0.2, 0.25) is 5.02 Å². The molecule has 1 unspecified atom stereocenters. The van der Waals surface area contributed by atoms with Crippen LogP contribution < -0.4 is 5.32 Å². The van der Waals surface area contributed by atoms with E-state index in [-0.39, 0.29) is 11.8 Å². The van der Waals surface area contributed by atoms with Crippen LogP contribution in [0.5, 0.6) is 0 Å². The first-order valence-corrected chi connectivity index (χ1v) is 9.72. The van der Waals surface area contributed by atoms with Gasteiger partial charge in [0, 0.05) is 22.8 Å². The lowest BCUT2D eigenvalue weighted by atomic mass is 9.97. The molecule has 1 saturated heterocycles. The molecule has 2 heterocycles. The van der Waals surface area contributed by atoms with Gasteiger partial charge >= 0.3 is 0 Å². The normalized spacial score (nSPS) is 17.4. The third kappa shape index (κ3) is 4.58. The maximum atomic E-state index is 12.6. The van der Waals surface area contributed by atoms with Gasteiger partial charge in [-0.2, -0.15) is 4.98 Å². The topological polar surface area (TPSA) is 71.3 Å². The first-order chi connectivity index (χ1) is 13.7. The second kappa shape index (κ2) is 8.54. The highest BCUT2D eigenvalue weighted by Gasteiger charge is 2.27. The molecular weight excluding hydrogens is 376 g/mol. The summed E-state index contributed by atoms with van der Waals surface area (Å²) in [6.45, 7) is 2.13. The van der Waals surface area contributed by atoms with Crippen molar-refractivity contribution in [3.8, 4) is 11.4 Å². The third-order valence-electron chi connectivity index (χ3n) is 4.85. The summed E-state index contributed by atoms with van der Waals surface area (Å²) in [6.07, 6.45) is 1.83. The lowest BCUT2D eigenvalue weighted by molar-refractivity contribution is -0.121. The minimum atomic E-state index is -0.0686. The number of hydrogen-bond acceptors (Lipinski definition) is 5. The Labute approximate surface area is 168 Å². The Morgan fingerprint density at radius 1 is 1.18 bits per heavy atom. The Kier molecular flexibility index (Phi) is 5.69. The van der Waals surface area contributed by atoms with E-state index in [0.717, 1.165) is 30.6 Å². The first kappa shape index (κ1) is 18.7. The summed E-state index contributed by atoms with van der Waals surface area (Å²) < 4.78 is 5.41. The number of anilines is 1. The predicted molar refractivity (Wildman–Crippen MR) is 108 cm³/mol. The standard InChI is InChI=1S/C21H21ClN4O2/c22-17-8-10-18(11-9-17)23-21(27)16-7-4-12-26(13-16)14-19-24-20(25-28-19)15-5-2-1-3-6-15/h1-3,5-6,8-11,16H,4,7,12-14H2,(H,23,27). The van der Waals surface area contributed by atoms with Gasteiger partial charge in [0.05, 0.1) is 12.5 Å². The van der Waals surface area contributed by atoms with Crippen molar-refractivity contribution in [1.82, 2.24) is 15.0 Å². The zero-order valence-electron chi connectivity index (χ0n) is 15.3. The number of aromatic nitrogens is 2. The van der Waals surface area contributed by atoms with Crippen LogP contribution in [0.3, 0.4) is 0 Å². The van der Waals surface area contributed by atoms with E-state index in [1.165, 1.54) is 0 Å². The van der Waals surface area contributed by atoms with E-state index in [2.05, 4.69) is 20.4 Å². The highest BCUT2D eigenvalue weighted by atomic mass is 35.5. The van der Waals surface area contributed by atoms with Gasteiger partial charge in [0.15, 0.2) is 0 Å². The zero-order chi connectivity index (χ0) is 19.3. The monoisotopic (exact) mass is 396 g/mol. The number of rotatable bonds is 5. The van der Waals surface area contributed by atoms with Gasteiger partial charge in [-0.25, -0.2) is 0 Å². The first-order valence-electron chi connectivity index (χ1n) is 9.34. The van der Waals surface area contributed by atoms with Crippen molar-refractivity contribution in [2.45, 2.75) is 19.4 Å². The van der Waals surface area contributed by atoms with Crippen molar-refractivity contribution in [2.24, 2.45) is 5.92 Å². The molecule has 7 heteroatoms. The summed E-state index contributed by atoms with van der Waals surface area (Å²) >= 11 is 5.89. The van der Waals surface area contributed by atoms with Crippen molar-refractivity contribution >= 4 is 23.2 Å². The lowest BCUT2D eigenvalue weighted by Gasteiger charge is -2.30. The Balaban J connectivity index is 1.35. The number of benzene rings is 2. The van der Waals surface area contributed by atoms with Crippen LogP contribution in [-0.4, -0.2) is 34.0 Å². The van der Waals surface area contributed by atoms with Crippen molar-refractivity contribution in [3.63, 3.8) is 0 Å². The highest BCUT2D eigenvalue weighted by Crippen LogP contribution is 2.22. The number of nitrogens with one attached hydrogen (secondary N) is 1. The van der Waals surface area contributed by atoms with Crippen LogP contribution in [0.1, 0.15) is 18.7 Å². The molecule has 0 bridgehead atoms. The van der Waals surface area contributed by atoms with Gasteiger partial charge in [-0.3, -0.25) is 9.69 Å². The second-order valence-electron chi connectivity index (χ2n) is 6.95.